The van der Waals surface area contributed by atoms with E-state index in [9.17, 15) is 14.4 Å². The van der Waals surface area contributed by atoms with E-state index in [0.29, 0.717) is 16.6 Å². The third-order valence-electron chi connectivity index (χ3n) is 5.02. The number of H-pyrrole nitrogens is 1. The molecule has 0 saturated heterocycles. The summed E-state index contributed by atoms with van der Waals surface area (Å²) in [6.45, 7) is 0.0501. The highest BCUT2D eigenvalue weighted by molar-refractivity contribution is 7.21. The summed E-state index contributed by atoms with van der Waals surface area (Å²) in [5.74, 6) is 0.0883. The van der Waals surface area contributed by atoms with Crippen molar-refractivity contribution in [3.63, 3.8) is 0 Å². The largest absolute Gasteiger partial charge is 0.311 e. The quantitative estimate of drug-likeness (QED) is 0.433. The van der Waals surface area contributed by atoms with Crippen LogP contribution in [0.1, 0.15) is 6.42 Å². The van der Waals surface area contributed by atoms with Gasteiger partial charge in [0.05, 0.1) is 27.5 Å². The van der Waals surface area contributed by atoms with E-state index >= 15 is 0 Å². The minimum atomic E-state index is -0.368. The Morgan fingerprint density at radius 1 is 1.00 bits per heavy atom. The van der Waals surface area contributed by atoms with Gasteiger partial charge >= 0.3 is 0 Å². The normalized spacial score (nSPS) is 11.1. The third kappa shape index (κ3) is 3.81. The van der Waals surface area contributed by atoms with Crippen LogP contribution in [-0.4, -0.2) is 25.7 Å². The fraction of sp³-hybridized carbons (Fsp3) is 0.0870. The number of fused-ring (bicyclic) bond motifs is 2. The molecule has 9 heteroatoms. The molecule has 2 aromatic carbocycles. The Hall–Kier alpha value is -4.11. The van der Waals surface area contributed by atoms with E-state index in [4.69, 9.17) is 0 Å². The molecule has 0 aliphatic rings. The highest BCUT2D eigenvalue weighted by atomic mass is 32.1. The highest BCUT2D eigenvalue weighted by Gasteiger charge is 2.10. The summed E-state index contributed by atoms with van der Waals surface area (Å²) in [5, 5.41) is 6.75. The van der Waals surface area contributed by atoms with Gasteiger partial charge in [0.15, 0.2) is 0 Å². The lowest BCUT2D eigenvalue weighted by molar-refractivity contribution is -0.116. The lowest BCUT2D eigenvalue weighted by atomic mass is 10.2. The number of aromatic amines is 1. The van der Waals surface area contributed by atoms with Crippen LogP contribution in [0.2, 0.25) is 0 Å². The number of aromatic nitrogens is 4. The molecule has 5 rings (SSSR count). The number of rotatable bonds is 5. The van der Waals surface area contributed by atoms with Crippen molar-refractivity contribution in [2.24, 2.45) is 0 Å². The van der Waals surface area contributed by atoms with E-state index in [1.807, 2.05) is 30.3 Å². The first-order chi connectivity index (χ1) is 15.6. The van der Waals surface area contributed by atoms with Crippen LogP contribution in [0.15, 0.2) is 76.4 Å². The van der Waals surface area contributed by atoms with Crippen molar-refractivity contribution in [3.8, 4) is 10.6 Å². The Morgan fingerprint density at radius 3 is 2.56 bits per heavy atom. The van der Waals surface area contributed by atoms with Gasteiger partial charge in [-0.15, -0.1) is 11.3 Å². The van der Waals surface area contributed by atoms with Crippen LogP contribution in [0.25, 0.3) is 31.6 Å². The van der Waals surface area contributed by atoms with Gasteiger partial charge in [0.2, 0.25) is 5.91 Å². The number of nitrogens with zero attached hydrogens (tertiary/aromatic N) is 3. The van der Waals surface area contributed by atoms with Crippen molar-refractivity contribution in [3.05, 3.63) is 87.6 Å². The van der Waals surface area contributed by atoms with Crippen molar-refractivity contribution in [1.82, 2.24) is 19.7 Å². The number of nitrogens with one attached hydrogen (secondary N) is 2. The average molecular weight is 443 g/mol. The smallest absolute Gasteiger partial charge is 0.273 e. The van der Waals surface area contributed by atoms with E-state index in [-0.39, 0.29) is 30.0 Å². The molecule has 1 amide bonds. The number of anilines is 1. The van der Waals surface area contributed by atoms with Gasteiger partial charge in [-0.25, -0.2) is 14.6 Å². The zero-order chi connectivity index (χ0) is 22.1. The molecule has 2 N–H and O–H groups in total. The maximum atomic E-state index is 12.5. The number of carbonyl (C=O) groups is 1. The van der Waals surface area contributed by atoms with E-state index in [1.165, 1.54) is 0 Å². The molecule has 32 heavy (non-hydrogen) atoms. The first-order valence-electron chi connectivity index (χ1n) is 9.92. The first kappa shape index (κ1) is 19.8. The van der Waals surface area contributed by atoms with Crippen LogP contribution in [0.4, 0.5) is 5.82 Å². The highest BCUT2D eigenvalue weighted by Crippen LogP contribution is 2.29. The van der Waals surface area contributed by atoms with Gasteiger partial charge in [-0.3, -0.25) is 19.5 Å². The van der Waals surface area contributed by atoms with Gasteiger partial charge in [0, 0.05) is 18.2 Å². The van der Waals surface area contributed by atoms with Crippen molar-refractivity contribution in [1.29, 1.82) is 0 Å². The predicted octanol–water partition coefficient (Wildman–Crippen LogP) is 3.39. The number of hydrogen-bond acceptors (Lipinski definition) is 6. The van der Waals surface area contributed by atoms with Crippen molar-refractivity contribution >= 4 is 44.1 Å². The van der Waals surface area contributed by atoms with Crippen molar-refractivity contribution in [2.45, 2.75) is 13.0 Å². The van der Waals surface area contributed by atoms with Crippen LogP contribution in [0, 0.1) is 0 Å². The molecule has 0 radical (unpaired) electrons. The second-order valence-electron chi connectivity index (χ2n) is 7.16. The van der Waals surface area contributed by atoms with E-state index < -0.39 is 0 Å². The van der Waals surface area contributed by atoms with E-state index in [1.54, 1.807) is 47.9 Å². The number of benzene rings is 2. The minimum Gasteiger partial charge on any atom is -0.311 e. The number of thiazole rings is 1. The summed E-state index contributed by atoms with van der Waals surface area (Å²) in [6, 6.07) is 18.1. The summed E-state index contributed by atoms with van der Waals surface area (Å²) < 4.78 is 2.26. The summed E-state index contributed by atoms with van der Waals surface area (Å²) in [7, 11) is 0. The van der Waals surface area contributed by atoms with Crippen molar-refractivity contribution < 1.29 is 4.79 Å². The number of carbonyl (C=O) groups excluding carboxylic acids is 1. The van der Waals surface area contributed by atoms with Gasteiger partial charge in [-0.1, -0.05) is 24.3 Å². The molecule has 0 unspecified atom stereocenters. The Bertz CT molecular complexity index is 1530. The fourth-order valence-electron chi connectivity index (χ4n) is 3.41. The Morgan fingerprint density at radius 2 is 1.78 bits per heavy atom. The van der Waals surface area contributed by atoms with E-state index in [0.717, 1.165) is 25.5 Å². The monoisotopic (exact) mass is 443 g/mol. The van der Waals surface area contributed by atoms with Crippen LogP contribution >= 0.6 is 11.3 Å². The number of amides is 1. The molecule has 0 fully saturated rings. The molecule has 8 nitrogen and oxygen atoms in total. The molecule has 0 spiro atoms. The SMILES string of the molecule is O=C(CCn1[nH]c(=O)c2ccccc2c1=O)Nc1ccc(-c2nc3ccccc3s2)cn1. The third-order valence-corrected chi connectivity index (χ3v) is 6.10. The van der Waals surface area contributed by atoms with Crippen LogP contribution in [0.3, 0.4) is 0 Å². The molecule has 3 aromatic heterocycles. The Balaban J connectivity index is 1.27. The zero-order valence-corrected chi connectivity index (χ0v) is 17.6. The molecule has 0 atom stereocenters. The maximum Gasteiger partial charge on any atom is 0.273 e. The average Bonchev–Trinajstić information content (AvgIpc) is 3.25. The van der Waals surface area contributed by atoms with Crippen LogP contribution in [0.5, 0.6) is 0 Å². The first-order valence-corrected chi connectivity index (χ1v) is 10.7. The number of hydrogen-bond donors (Lipinski definition) is 2. The molecular formula is C23H17N5O3S. The van der Waals surface area contributed by atoms with Crippen LogP contribution in [-0.2, 0) is 11.3 Å². The zero-order valence-electron chi connectivity index (χ0n) is 16.7. The molecule has 5 aromatic rings. The predicted molar refractivity (Wildman–Crippen MR) is 125 cm³/mol. The summed E-state index contributed by atoms with van der Waals surface area (Å²) in [4.78, 5) is 45.9. The van der Waals surface area contributed by atoms with Gasteiger partial charge in [0.1, 0.15) is 10.8 Å². The number of aryl methyl sites for hydroxylation is 1. The molecule has 0 aliphatic heterocycles. The standard InChI is InChI=1S/C23H17N5O3S/c29-20(11-12-28-23(31)16-6-2-1-5-15(16)21(30)27-28)26-19-10-9-14(13-24-19)22-25-17-7-3-4-8-18(17)32-22/h1-10,13H,11-12H2,(H,27,30)(H,24,26,29). The lowest BCUT2D eigenvalue weighted by Gasteiger charge is -2.08. The molecule has 0 bridgehead atoms. The summed E-state index contributed by atoms with van der Waals surface area (Å²) in [6.07, 6.45) is 1.67. The molecule has 158 valence electrons. The second kappa shape index (κ2) is 8.20. The molecule has 0 aliphatic carbocycles. The molecular weight excluding hydrogens is 426 g/mol. The fourth-order valence-corrected chi connectivity index (χ4v) is 4.37. The van der Waals surface area contributed by atoms with Crippen molar-refractivity contribution in [2.75, 3.05) is 5.32 Å². The Kier molecular flexibility index (Phi) is 5.08. The van der Waals surface area contributed by atoms with Crippen LogP contribution < -0.4 is 16.4 Å². The van der Waals surface area contributed by atoms with Gasteiger partial charge in [0.25, 0.3) is 11.1 Å². The summed E-state index contributed by atoms with van der Waals surface area (Å²) in [5.41, 5.74) is 1.09. The molecule has 0 saturated carbocycles. The van der Waals surface area contributed by atoms with Gasteiger partial charge in [-0.2, -0.15) is 0 Å². The summed E-state index contributed by atoms with van der Waals surface area (Å²) >= 11 is 1.58. The second-order valence-corrected chi connectivity index (χ2v) is 8.19. The Labute approximate surface area is 185 Å². The van der Waals surface area contributed by atoms with E-state index in [2.05, 4.69) is 20.4 Å². The molecule has 3 heterocycles. The topological polar surface area (TPSA) is 110 Å². The minimum absolute atomic E-state index is 0.00941. The number of para-hydroxylation sites is 1. The maximum absolute atomic E-state index is 12.5. The number of pyridine rings is 1. The lowest BCUT2D eigenvalue weighted by Crippen LogP contribution is -2.31. The van der Waals surface area contributed by atoms with Gasteiger partial charge in [-0.05, 0) is 36.4 Å². The van der Waals surface area contributed by atoms with Gasteiger partial charge < -0.3 is 5.32 Å².